The molecule has 4 rings (SSSR count). The molecule has 1 saturated carbocycles. The lowest BCUT2D eigenvalue weighted by Crippen LogP contribution is -2.51. The summed E-state index contributed by atoms with van der Waals surface area (Å²) in [5, 5.41) is 0. The molecule has 0 bridgehead atoms. The lowest BCUT2D eigenvalue weighted by atomic mass is 10.1. The number of carbonyl (C=O) groups excluding carboxylic acids is 2. The van der Waals surface area contributed by atoms with Crippen LogP contribution in [0.3, 0.4) is 0 Å². The van der Waals surface area contributed by atoms with Crippen molar-refractivity contribution < 1.29 is 14.0 Å². The number of rotatable bonds is 3. The van der Waals surface area contributed by atoms with Crippen molar-refractivity contribution in [3.8, 4) is 0 Å². The molecule has 1 aliphatic carbocycles. The highest BCUT2D eigenvalue weighted by Crippen LogP contribution is 2.48. The summed E-state index contributed by atoms with van der Waals surface area (Å²) in [7, 11) is 0. The molecule has 2 heterocycles. The Morgan fingerprint density at radius 1 is 1.04 bits per heavy atom. The number of benzene rings is 1. The molecule has 1 aromatic carbocycles. The first kappa shape index (κ1) is 18.1. The fourth-order valence-electron chi connectivity index (χ4n) is 3.62. The second kappa shape index (κ2) is 7.38. The lowest BCUT2D eigenvalue weighted by Gasteiger charge is -2.35. The fourth-order valence-corrected chi connectivity index (χ4v) is 3.99. The fraction of sp³-hybridized carbons (Fsp3) is 0.350. The summed E-state index contributed by atoms with van der Waals surface area (Å²) in [6.07, 6.45) is 4.01. The zero-order chi connectivity index (χ0) is 19.0. The molecule has 2 aliphatic rings. The van der Waals surface area contributed by atoms with Crippen molar-refractivity contribution in [2.45, 2.75) is 12.3 Å². The molecule has 27 heavy (non-hydrogen) atoms. The second-order valence-corrected chi connectivity index (χ2v) is 7.93. The number of carbonyl (C=O) groups is 2. The Kier molecular flexibility index (Phi) is 4.95. The normalized spacial score (nSPS) is 21.9. The summed E-state index contributed by atoms with van der Waals surface area (Å²) in [5.41, 5.74) is 1.56. The summed E-state index contributed by atoms with van der Waals surface area (Å²) in [4.78, 5) is 32.9. The van der Waals surface area contributed by atoms with Crippen molar-refractivity contribution in [3.05, 3.63) is 64.1 Å². The Labute approximate surface area is 165 Å². The smallest absolute Gasteiger partial charge is 0.255 e. The lowest BCUT2D eigenvalue weighted by molar-refractivity contribution is -0.134. The molecule has 1 aromatic heterocycles. The molecule has 2 fully saturated rings. The van der Waals surface area contributed by atoms with Crippen molar-refractivity contribution in [1.82, 2.24) is 14.8 Å². The van der Waals surface area contributed by atoms with Crippen LogP contribution in [0.5, 0.6) is 0 Å². The Morgan fingerprint density at radius 2 is 1.70 bits per heavy atom. The van der Waals surface area contributed by atoms with E-state index in [-0.39, 0.29) is 29.5 Å². The number of halogens is 2. The van der Waals surface area contributed by atoms with Crippen LogP contribution in [0.4, 0.5) is 4.39 Å². The molecule has 7 heteroatoms. The van der Waals surface area contributed by atoms with Gasteiger partial charge in [0.05, 0.1) is 5.56 Å². The maximum Gasteiger partial charge on any atom is 0.255 e. The van der Waals surface area contributed by atoms with E-state index in [4.69, 9.17) is 0 Å². The van der Waals surface area contributed by atoms with Crippen LogP contribution in [0.1, 0.15) is 28.3 Å². The molecule has 1 saturated heterocycles. The summed E-state index contributed by atoms with van der Waals surface area (Å²) in [5.74, 6) is -0.0201. The van der Waals surface area contributed by atoms with E-state index in [9.17, 15) is 14.0 Å². The molecule has 0 spiro atoms. The van der Waals surface area contributed by atoms with Crippen LogP contribution in [-0.2, 0) is 4.79 Å². The van der Waals surface area contributed by atoms with Gasteiger partial charge in [0.1, 0.15) is 5.82 Å². The third-order valence-electron chi connectivity index (χ3n) is 5.24. The maximum absolute atomic E-state index is 13.0. The minimum atomic E-state index is -0.260. The van der Waals surface area contributed by atoms with Crippen LogP contribution >= 0.6 is 15.9 Å². The van der Waals surface area contributed by atoms with Crippen molar-refractivity contribution in [3.63, 3.8) is 0 Å². The van der Waals surface area contributed by atoms with Crippen molar-refractivity contribution in [1.29, 1.82) is 0 Å². The molecule has 2 aromatic rings. The number of piperazine rings is 1. The van der Waals surface area contributed by atoms with Gasteiger partial charge in [0.25, 0.3) is 5.91 Å². The number of hydrogen-bond donors (Lipinski definition) is 0. The van der Waals surface area contributed by atoms with Gasteiger partial charge in [-0.1, -0.05) is 12.1 Å². The molecule has 0 N–H and O–H groups in total. The molecule has 2 amide bonds. The molecular formula is C20H19BrFN3O2. The van der Waals surface area contributed by atoms with Crippen LogP contribution < -0.4 is 0 Å². The van der Waals surface area contributed by atoms with Gasteiger partial charge in [-0.3, -0.25) is 14.6 Å². The first-order chi connectivity index (χ1) is 13.0. The van der Waals surface area contributed by atoms with E-state index in [1.54, 1.807) is 35.5 Å². The molecule has 0 radical (unpaired) electrons. The Morgan fingerprint density at radius 3 is 2.37 bits per heavy atom. The van der Waals surface area contributed by atoms with Crippen molar-refractivity contribution >= 4 is 27.7 Å². The number of hydrogen-bond acceptors (Lipinski definition) is 3. The summed E-state index contributed by atoms with van der Waals surface area (Å²) in [6.45, 7) is 2.12. The third kappa shape index (κ3) is 3.88. The zero-order valence-electron chi connectivity index (χ0n) is 14.6. The highest BCUT2D eigenvalue weighted by molar-refractivity contribution is 9.10. The van der Waals surface area contributed by atoms with E-state index in [0.717, 1.165) is 16.5 Å². The minimum absolute atomic E-state index is 0.0213. The van der Waals surface area contributed by atoms with Gasteiger partial charge in [-0.05, 0) is 52.0 Å². The van der Waals surface area contributed by atoms with Crippen molar-refractivity contribution in [2.75, 3.05) is 26.2 Å². The second-order valence-electron chi connectivity index (χ2n) is 7.01. The SMILES string of the molecule is O=C(c1cncc(Br)c1)N1CCN(C(=O)[C@H]2C[C@H]2c2ccc(F)cc2)CC1. The van der Waals surface area contributed by atoms with Crippen LogP contribution in [0.2, 0.25) is 0 Å². The molecule has 1 aliphatic heterocycles. The standard InChI is InChI=1S/C20H19BrFN3O2/c21-15-9-14(11-23-12-15)19(26)24-5-7-25(8-6-24)20(27)18-10-17(18)13-1-3-16(22)4-2-13/h1-4,9,11-12,17-18H,5-8,10H2/t17-,18-/m0/s1. The first-order valence-electron chi connectivity index (χ1n) is 8.97. The molecule has 2 atom stereocenters. The van der Waals surface area contributed by atoms with E-state index in [1.807, 2.05) is 4.90 Å². The predicted molar refractivity (Wildman–Crippen MR) is 102 cm³/mol. The van der Waals surface area contributed by atoms with E-state index in [1.165, 1.54) is 12.1 Å². The number of amides is 2. The number of aromatic nitrogens is 1. The maximum atomic E-state index is 13.0. The van der Waals surface area contributed by atoms with E-state index >= 15 is 0 Å². The monoisotopic (exact) mass is 431 g/mol. The summed E-state index contributed by atoms with van der Waals surface area (Å²) >= 11 is 3.33. The largest absolute Gasteiger partial charge is 0.339 e. The van der Waals surface area contributed by atoms with Gasteiger partial charge in [0, 0.05) is 49.0 Å². The first-order valence-corrected chi connectivity index (χ1v) is 9.76. The van der Waals surface area contributed by atoms with E-state index in [2.05, 4.69) is 20.9 Å². The predicted octanol–water partition coefficient (Wildman–Crippen LogP) is 3.07. The van der Waals surface area contributed by atoms with Gasteiger partial charge >= 0.3 is 0 Å². The van der Waals surface area contributed by atoms with Crippen LogP contribution in [0.15, 0.2) is 47.2 Å². The topological polar surface area (TPSA) is 53.5 Å². The van der Waals surface area contributed by atoms with E-state index < -0.39 is 0 Å². The van der Waals surface area contributed by atoms with Crippen molar-refractivity contribution in [2.24, 2.45) is 5.92 Å². The molecule has 0 unspecified atom stereocenters. The Balaban J connectivity index is 1.32. The third-order valence-corrected chi connectivity index (χ3v) is 5.67. The highest BCUT2D eigenvalue weighted by Gasteiger charge is 2.46. The minimum Gasteiger partial charge on any atom is -0.339 e. The average molecular weight is 432 g/mol. The van der Waals surface area contributed by atoms with Crippen LogP contribution in [0.25, 0.3) is 0 Å². The average Bonchev–Trinajstić information content (AvgIpc) is 3.48. The number of nitrogens with zero attached hydrogens (tertiary/aromatic N) is 3. The number of pyridine rings is 1. The zero-order valence-corrected chi connectivity index (χ0v) is 16.2. The summed E-state index contributed by atoms with van der Waals surface area (Å²) in [6, 6.07) is 8.16. The van der Waals surface area contributed by atoms with Gasteiger partial charge in [-0.15, -0.1) is 0 Å². The molecular weight excluding hydrogens is 413 g/mol. The van der Waals surface area contributed by atoms with Crippen LogP contribution in [-0.4, -0.2) is 52.8 Å². The van der Waals surface area contributed by atoms with Gasteiger partial charge in [0.15, 0.2) is 0 Å². The molecule has 5 nitrogen and oxygen atoms in total. The van der Waals surface area contributed by atoms with Gasteiger partial charge in [-0.25, -0.2) is 4.39 Å². The van der Waals surface area contributed by atoms with Gasteiger partial charge < -0.3 is 9.80 Å². The van der Waals surface area contributed by atoms with E-state index in [0.29, 0.717) is 31.7 Å². The highest BCUT2D eigenvalue weighted by atomic mass is 79.9. The van der Waals surface area contributed by atoms with Gasteiger partial charge in [0.2, 0.25) is 5.91 Å². The Hall–Kier alpha value is -2.28. The Bertz CT molecular complexity index is 866. The summed E-state index contributed by atoms with van der Waals surface area (Å²) < 4.78 is 13.8. The quantitative estimate of drug-likeness (QED) is 0.750. The van der Waals surface area contributed by atoms with Gasteiger partial charge in [-0.2, -0.15) is 0 Å². The van der Waals surface area contributed by atoms with Crippen LogP contribution in [0, 0.1) is 11.7 Å². The molecule has 140 valence electrons.